The highest BCUT2D eigenvalue weighted by molar-refractivity contribution is 6.01. The van der Waals surface area contributed by atoms with E-state index < -0.39 is 17.3 Å². The van der Waals surface area contributed by atoms with Crippen molar-refractivity contribution in [1.29, 1.82) is 5.26 Å². The number of nitriles is 1. The number of carbonyl (C=O) groups is 1. The maximum atomic E-state index is 13.3. The molecule has 0 atom stereocenters. The van der Waals surface area contributed by atoms with Crippen LogP contribution in [0.25, 0.3) is 11.3 Å². The summed E-state index contributed by atoms with van der Waals surface area (Å²) < 4.78 is 35.6. The van der Waals surface area contributed by atoms with Gasteiger partial charge < -0.3 is 19.8 Å². The molecule has 0 radical (unpaired) electrons. The smallest absolute Gasteiger partial charge is 0.395 e. The van der Waals surface area contributed by atoms with Crippen LogP contribution in [-0.4, -0.2) is 22.2 Å². The molecule has 0 bridgehead atoms. The Morgan fingerprint density at radius 1 is 1.18 bits per heavy atom. The van der Waals surface area contributed by atoms with E-state index in [1.807, 2.05) is 13.0 Å². The molecule has 0 spiro atoms. The predicted molar refractivity (Wildman–Crippen MR) is 112 cm³/mol. The molecule has 8 nitrogen and oxygen atoms in total. The Hall–Kier alpha value is -4.26. The van der Waals surface area contributed by atoms with Gasteiger partial charge in [-0.1, -0.05) is 12.1 Å². The van der Waals surface area contributed by atoms with E-state index in [1.165, 1.54) is 24.4 Å². The molecule has 3 heterocycles. The van der Waals surface area contributed by atoms with Gasteiger partial charge in [0.05, 0.1) is 11.1 Å². The summed E-state index contributed by atoms with van der Waals surface area (Å²) in [7, 11) is 0. The Morgan fingerprint density at radius 3 is 2.67 bits per heavy atom. The number of aromatic nitrogens is 2. The average Bonchev–Trinajstić information content (AvgIpc) is 3.52. The SMILES string of the molecule is Cc1ccc(NC(=O)C2(c3ccc4c(c3)OC(F)(F)O4)CC2)nc1-c1c[nH]c(=O)c(C#N)c1. The number of benzene rings is 1. The maximum absolute atomic E-state index is 13.3. The van der Waals surface area contributed by atoms with Crippen molar-refractivity contribution in [2.75, 3.05) is 5.32 Å². The molecule has 1 aromatic carbocycles. The number of pyridine rings is 2. The van der Waals surface area contributed by atoms with Crippen molar-refractivity contribution in [3.05, 3.63) is 69.6 Å². The maximum Gasteiger partial charge on any atom is 0.586 e. The van der Waals surface area contributed by atoms with E-state index >= 15 is 0 Å². The lowest BCUT2D eigenvalue weighted by Gasteiger charge is -2.16. The highest BCUT2D eigenvalue weighted by atomic mass is 19.3. The van der Waals surface area contributed by atoms with Crippen LogP contribution >= 0.6 is 0 Å². The predicted octanol–water partition coefficient (Wildman–Crippen LogP) is 3.61. The summed E-state index contributed by atoms with van der Waals surface area (Å²) in [6.45, 7) is 1.82. The van der Waals surface area contributed by atoms with Gasteiger partial charge in [-0.15, -0.1) is 8.78 Å². The van der Waals surface area contributed by atoms with Crippen molar-refractivity contribution in [1.82, 2.24) is 9.97 Å². The zero-order valence-electron chi connectivity index (χ0n) is 17.2. The average molecular weight is 450 g/mol. The number of halogens is 2. The topological polar surface area (TPSA) is 117 Å². The number of nitrogens with one attached hydrogen (secondary N) is 2. The summed E-state index contributed by atoms with van der Waals surface area (Å²) in [6, 6.07) is 11.0. The van der Waals surface area contributed by atoms with Crippen LogP contribution in [0.3, 0.4) is 0 Å². The zero-order valence-corrected chi connectivity index (χ0v) is 17.2. The van der Waals surface area contributed by atoms with Crippen LogP contribution in [0.15, 0.2) is 47.4 Å². The highest BCUT2D eigenvalue weighted by Gasteiger charge is 2.53. The molecule has 1 saturated carbocycles. The molecule has 1 amide bonds. The third kappa shape index (κ3) is 3.57. The number of anilines is 1. The summed E-state index contributed by atoms with van der Waals surface area (Å²) in [6.07, 6.45) is -1.19. The van der Waals surface area contributed by atoms with E-state index in [0.29, 0.717) is 29.7 Å². The number of carbonyl (C=O) groups excluding carboxylic acids is 1. The molecule has 1 aliphatic carbocycles. The van der Waals surface area contributed by atoms with Crippen molar-refractivity contribution in [2.45, 2.75) is 31.5 Å². The van der Waals surface area contributed by atoms with E-state index in [0.717, 1.165) is 5.56 Å². The van der Waals surface area contributed by atoms with Gasteiger partial charge in [0.1, 0.15) is 17.5 Å². The number of aryl methyl sites for hydroxylation is 1. The van der Waals surface area contributed by atoms with Gasteiger partial charge in [-0.3, -0.25) is 9.59 Å². The highest BCUT2D eigenvalue weighted by Crippen LogP contribution is 2.52. The van der Waals surface area contributed by atoms with E-state index in [2.05, 4.69) is 24.8 Å². The Morgan fingerprint density at radius 2 is 1.94 bits per heavy atom. The minimum Gasteiger partial charge on any atom is -0.395 e. The monoisotopic (exact) mass is 450 g/mol. The first-order valence-corrected chi connectivity index (χ1v) is 10.0. The quantitative estimate of drug-likeness (QED) is 0.627. The Kier molecular flexibility index (Phi) is 4.46. The number of nitrogens with zero attached hydrogens (tertiary/aromatic N) is 2. The molecule has 0 saturated heterocycles. The molecule has 5 rings (SSSR count). The molecule has 166 valence electrons. The zero-order chi connectivity index (χ0) is 23.4. The normalized spacial score (nSPS) is 16.7. The molecule has 2 aromatic heterocycles. The molecule has 2 aliphatic rings. The van der Waals surface area contributed by atoms with E-state index in [9.17, 15) is 18.4 Å². The van der Waals surface area contributed by atoms with E-state index in [4.69, 9.17) is 5.26 Å². The Labute approximate surface area is 185 Å². The minimum atomic E-state index is -3.73. The number of alkyl halides is 2. The molecule has 0 unspecified atom stereocenters. The Balaban J connectivity index is 1.42. The molecule has 1 aliphatic heterocycles. The molecule has 10 heteroatoms. The molecule has 2 N–H and O–H groups in total. The number of hydrogen-bond donors (Lipinski definition) is 2. The van der Waals surface area contributed by atoms with Crippen LogP contribution in [0.2, 0.25) is 0 Å². The van der Waals surface area contributed by atoms with Crippen LogP contribution in [0.5, 0.6) is 11.5 Å². The number of hydrogen-bond acceptors (Lipinski definition) is 6. The van der Waals surface area contributed by atoms with Gasteiger partial charge in [-0.2, -0.15) is 5.26 Å². The summed E-state index contributed by atoms with van der Waals surface area (Å²) in [5, 5.41) is 11.9. The second kappa shape index (κ2) is 7.13. The number of amides is 1. The van der Waals surface area contributed by atoms with E-state index in [1.54, 1.807) is 18.2 Å². The van der Waals surface area contributed by atoms with Gasteiger partial charge in [-0.05, 0) is 55.2 Å². The number of rotatable bonds is 4. The summed E-state index contributed by atoms with van der Waals surface area (Å²) in [5.74, 6) is -0.236. The second-order valence-electron chi connectivity index (χ2n) is 7.97. The van der Waals surface area contributed by atoms with Gasteiger partial charge in [0.15, 0.2) is 11.5 Å². The molecule has 33 heavy (non-hydrogen) atoms. The molecule has 1 fully saturated rings. The van der Waals surface area contributed by atoms with Crippen molar-refractivity contribution in [3.63, 3.8) is 0 Å². The van der Waals surface area contributed by atoms with Crippen LogP contribution < -0.4 is 20.3 Å². The number of fused-ring (bicyclic) bond motifs is 1. The lowest BCUT2D eigenvalue weighted by atomic mass is 9.94. The van der Waals surface area contributed by atoms with Gasteiger partial charge >= 0.3 is 6.29 Å². The lowest BCUT2D eigenvalue weighted by molar-refractivity contribution is -0.286. The standard InChI is InChI=1S/C23H16F2N4O4/c1-12-2-5-18(28-19(12)14-8-13(10-26)20(30)27-11-14)29-21(31)22(6-7-22)15-3-4-16-17(9-15)33-23(24,25)32-16/h2-5,8-9,11H,6-7H2,1H3,(H,27,30)(H,28,29,31). The fourth-order valence-corrected chi connectivity index (χ4v) is 3.85. The summed E-state index contributed by atoms with van der Waals surface area (Å²) in [4.78, 5) is 31.8. The van der Waals surface area contributed by atoms with Gasteiger partial charge in [-0.25, -0.2) is 4.98 Å². The van der Waals surface area contributed by atoms with Crippen LogP contribution in [0.4, 0.5) is 14.6 Å². The molecule has 3 aromatic rings. The fraction of sp³-hybridized carbons (Fsp3) is 0.217. The first-order valence-electron chi connectivity index (χ1n) is 10.0. The van der Waals surface area contributed by atoms with Crippen molar-refractivity contribution in [2.24, 2.45) is 0 Å². The van der Waals surface area contributed by atoms with E-state index in [-0.39, 0.29) is 28.8 Å². The van der Waals surface area contributed by atoms with Crippen molar-refractivity contribution < 1.29 is 23.0 Å². The third-order valence-electron chi connectivity index (χ3n) is 5.77. The van der Waals surface area contributed by atoms with Crippen molar-refractivity contribution >= 4 is 11.7 Å². The summed E-state index contributed by atoms with van der Waals surface area (Å²) >= 11 is 0. The largest absolute Gasteiger partial charge is 0.586 e. The van der Waals surface area contributed by atoms with Crippen LogP contribution in [0, 0.1) is 18.3 Å². The fourth-order valence-electron chi connectivity index (χ4n) is 3.85. The first kappa shape index (κ1) is 20.6. The lowest BCUT2D eigenvalue weighted by Crippen LogP contribution is -2.28. The molecular formula is C23H16F2N4O4. The van der Waals surface area contributed by atoms with Gasteiger partial charge in [0.25, 0.3) is 5.56 Å². The van der Waals surface area contributed by atoms with Crippen LogP contribution in [0.1, 0.15) is 29.5 Å². The van der Waals surface area contributed by atoms with Crippen molar-refractivity contribution in [3.8, 4) is 28.8 Å². The second-order valence-corrected chi connectivity index (χ2v) is 7.97. The van der Waals surface area contributed by atoms with Gasteiger partial charge in [0, 0.05) is 11.8 Å². The number of ether oxygens (including phenoxy) is 2. The first-order chi connectivity index (χ1) is 15.7. The summed E-state index contributed by atoms with van der Waals surface area (Å²) in [5.41, 5.74) is 0.922. The third-order valence-corrected chi connectivity index (χ3v) is 5.77. The number of aromatic amines is 1. The van der Waals surface area contributed by atoms with Crippen LogP contribution in [-0.2, 0) is 10.2 Å². The minimum absolute atomic E-state index is 0.0477. The Bertz CT molecular complexity index is 1410. The molecular weight excluding hydrogens is 434 g/mol. The number of H-pyrrole nitrogens is 1. The van der Waals surface area contributed by atoms with Gasteiger partial charge in [0.2, 0.25) is 5.91 Å².